The van der Waals surface area contributed by atoms with Crippen LogP contribution in [-0.4, -0.2) is 50.7 Å². The summed E-state index contributed by atoms with van der Waals surface area (Å²) in [6, 6.07) is 0. The molecule has 0 amide bonds. The van der Waals surface area contributed by atoms with E-state index in [1.165, 1.54) is 19.3 Å². The molecule has 0 aromatic heterocycles. The first-order valence-corrected chi connectivity index (χ1v) is 6.90. The van der Waals surface area contributed by atoms with Gasteiger partial charge in [0.1, 0.15) is 0 Å². The fourth-order valence-corrected chi connectivity index (χ4v) is 2.71. The molecule has 1 aliphatic rings. The van der Waals surface area contributed by atoms with E-state index in [0.29, 0.717) is 5.73 Å². The van der Waals surface area contributed by atoms with Gasteiger partial charge in [-0.05, 0) is 19.3 Å². The summed E-state index contributed by atoms with van der Waals surface area (Å²) in [4.78, 5) is 0. The molecule has 1 atom stereocenters. The average molecular weight is 168 g/mol. The Morgan fingerprint density at radius 3 is 2.30 bits per heavy atom. The van der Waals surface area contributed by atoms with E-state index >= 15 is 0 Å². The Hall–Kier alpha value is 1.18. The summed E-state index contributed by atoms with van der Waals surface area (Å²) in [7, 11) is -0.474. The van der Waals surface area contributed by atoms with Gasteiger partial charge < -0.3 is 4.74 Å². The molecule has 1 heterocycles. The van der Waals surface area contributed by atoms with Crippen molar-refractivity contribution in [1.82, 2.24) is 0 Å². The molecule has 3 heteroatoms. The molecule has 0 bridgehead atoms. The van der Waals surface area contributed by atoms with Crippen LogP contribution in [0.2, 0.25) is 13.1 Å². The van der Waals surface area contributed by atoms with Gasteiger partial charge in [-0.25, -0.2) is 0 Å². The molecule has 0 saturated carbocycles. The molecule has 0 radical (unpaired) electrons. The van der Waals surface area contributed by atoms with Crippen LogP contribution in [0.5, 0.6) is 0 Å². The summed E-state index contributed by atoms with van der Waals surface area (Å²) in [5.41, 5.74) is 0.693. The molecule has 0 aromatic carbocycles. The molecule has 0 spiro atoms. The minimum atomic E-state index is -0.474. The molecule has 0 aromatic rings. The van der Waals surface area contributed by atoms with Crippen LogP contribution < -0.4 is 0 Å². The van der Waals surface area contributed by atoms with E-state index in [0.717, 1.165) is 6.61 Å². The Bertz CT molecular complexity index is 81.7. The van der Waals surface area contributed by atoms with Crippen LogP contribution in [0.3, 0.4) is 0 Å². The zero-order valence-corrected chi connectivity index (χ0v) is 7.55. The third-order valence-electron chi connectivity index (χ3n) is 1.96. The summed E-state index contributed by atoms with van der Waals surface area (Å²) >= 11 is 0. The van der Waals surface area contributed by atoms with Crippen LogP contribution in [0.15, 0.2) is 0 Å². The Labute approximate surface area is 87.4 Å². The van der Waals surface area contributed by atoms with Crippen LogP contribution in [0, 0.1) is 0 Å². The Morgan fingerprint density at radius 2 is 2.00 bits per heavy atom. The van der Waals surface area contributed by atoms with E-state index in [4.69, 9.17) is 4.74 Å². The predicted molar refractivity (Wildman–Crippen MR) is 49.6 cm³/mol. The van der Waals surface area contributed by atoms with Crippen molar-refractivity contribution in [3.63, 3.8) is 0 Å². The van der Waals surface area contributed by atoms with E-state index in [1.54, 1.807) is 0 Å². The van der Waals surface area contributed by atoms with Gasteiger partial charge in [-0.3, -0.25) is 0 Å². The first-order valence-electron chi connectivity index (χ1n) is 3.92. The first kappa shape index (κ1) is 11.2. The molecule has 0 aliphatic carbocycles. The maximum atomic E-state index is 5.60. The molecular formula is C7H17NaOSi. The van der Waals surface area contributed by atoms with Crippen molar-refractivity contribution in [3.05, 3.63) is 0 Å². The standard InChI is InChI=1S/C7H16OSi.Na.H/c1-9(2)7-5-3-4-6-8-7;;/h7,9H,3-6H2,1-2H3;;. The number of rotatable bonds is 1. The molecule has 1 unspecified atom stereocenters. The molecule has 0 N–H and O–H groups in total. The monoisotopic (exact) mass is 168 g/mol. The maximum absolute atomic E-state index is 5.60. The quantitative estimate of drug-likeness (QED) is 0.529. The van der Waals surface area contributed by atoms with E-state index in [-0.39, 0.29) is 29.6 Å². The van der Waals surface area contributed by atoms with Crippen LogP contribution in [0.1, 0.15) is 19.3 Å². The van der Waals surface area contributed by atoms with Crippen molar-refractivity contribution in [1.29, 1.82) is 0 Å². The molecule has 1 fully saturated rings. The molecular weight excluding hydrogens is 151 g/mol. The van der Waals surface area contributed by atoms with Gasteiger partial charge >= 0.3 is 29.6 Å². The number of hydrogen-bond acceptors (Lipinski definition) is 1. The van der Waals surface area contributed by atoms with Gasteiger partial charge in [0.25, 0.3) is 0 Å². The average Bonchev–Trinajstić information content (AvgIpc) is 1.90. The molecule has 56 valence electrons. The second kappa shape index (κ2) is 5.78. The topological polar surface area (TPSA) is 9.23 Å². The Kier molecular flexibility index (Phi) is 6.46. The normalized spacial score (nSPS) is 26.1. The van der Waals surface area contributed by atoms with Gasteiger partial charge in [0, 0.05) is 12.3 Å². The fourth-order valence-electron chi connectivity index (χ4n) is 1.29. The molecule has 10 heavy (non-hydrogen) atoms. The summed E-state index contributed by atoms with van der Waals surface area (Å²) in [5.74, 6) is 0. The van der Waals surface area contributed by atoms with Crippen molar-refractivity contribution < 1.29 is 4.74 Å². The van der Waals surface area contributed by atoms with E-state index < -0.39 is 8.80 Å². The van der Waals surface area contributed by atoms with Crippen molar-refractivity contribution in [2.45, 2.75) is 38.1 Å². The van der Waals surface area contributed by atoms with Crippen molar-refractivity contribution in [3.8, 4) is 0 Å². The van der Waals surface area contributed by atoms with Crippen molar-refractivity contribution >= 4 is 38.4 Å². The fraction of sp³-hybridized carbons (Fsp3) is 1.00. The van der Waals surface area contributed by atoms with Gasteiger partial charge in [-0.2, -0.15) is 0 Å². The van der Waals surface area contributed by atoms with Gasteiger partial charge in [0.05, 0.1) is 8.80 Å². The predicted octanol–water partition coefficient (Wildman–Crippen LogP) is 0.933. The van der Waals surface area contributed by atoms with Gasteiger partial charge in [0.2, 0.25) is 0 Å². The third kappa shape index (κ3) is 3.53. The number of ether oxygens (including phenoxy) is 1. The summed E-state index contributed by atoms with van der Waals surface area (Å²) in [6.45, 7) is 5.77. The summed E-state index contributed by atoms with van der Waals surface area (Å²) in [5, 5.41) is 0. The summed E-state index contributed by atoms with van der Waals surface area (Å²) in [6.07, 6.45) is 4.03. The summed E-state index contributed by atoms with van der Waals surface area (Å²) < 4.78 is 5.60. The molecule has 1 aliphatic heterocycles. The van der Waals surface area contributed by atoms with Crippen LogP contribution >= 0.6 is 0 Å². The van der Waals surface area contributed by atoms with Crippen LogP contribution in [0.25, 0.3) is 0 Å². The molecule has 1 saturated heterocycles. The second-order valence-corrected chi connectivity index (χ2v) is 6.38. The van der Waals surface area contributed by atoms with Gasteiger partial charge in [0.15, 0.2) is 0 Å². The Balaban J connectivity index is 0.000000810. The molecule has 1 rings (SSSR count). The van der Waals surface area contributed by atoms with E-state index in [1.807, 2.05) is 0 Å². The minimum absolute atomic E-state index is 0. The Morgan fingerprint density at radius 1 is 1.30 bits per heavy atom. The van der Waals surface area contributed by atoms with Crippen molar-refractivity contribution in [2.75, 3.05) is 6.61 Å². The van der Waals surface area contributed by atoms with Crippen LogP contribution in [-0.2, 0) is 4.74 Å². The zero-order chi connectivity index (χ0) is 6.69. The second-order valence-electron chi connectivity index (χ2n) is 3.15. The van der Waals surface area contributed by atoms with Gasteiger partial charge in [-0.1, -0.05) is 13.1 Å². The van der Waals surface area contributed by atoms with E-state index in [2.05, 4.69) is 13.1 Å². The first-order chi connectivity index (χ1) is 4.30. The number of hydrogen-bond donors (Lipinski definition) is 0. The van der Waals surface area contributed by atoms with Crippen molar-refractivity contribution in [2.24, 2.45) is 0 Å². The van der Waals surface area contributed by atoms with Gasteiger partial charge in [-0.15, -0.1) is 0 Å². The SMILES string of the molecule is C[SiH](C)C1CCCCO1.[NaH]. The third-order valence-corrected chi connectivity index (χ3v) is 3.97. The van der Waals surface area contributed by atoms with Crippen LogP contribution in [0.4, 0.5) is 0 Å². The van der Waals surface area contributed by atoms with E-state index in [9.17, 15) is 0 Å². The zero-order valence-electron chi connectivity index (χ0n) is 6.39. The molecule has 1 nitrogen and oxygen atoms in total.